The van der Waals surface area contributed by atoms with Crippen LogP contribution in [0.5, 0.6) is 0 Å². The highest BCUT2D eigenvalue weighted by Gasteiger charge is 2.27. The number of nitrogens with zero attached hydrogens (tertiary/aromatic N) is 3. The zero-order valence-corrected chi connectivity index (χ0v) is 13.1. The lowest BCUT2D eigenvalue weighted by atomic mass is 10.3. The van der Waals surface area contributed by atoms with E-state index < -0.39 is 16.0 Å². The number of aromatic amines is 1. The Labute approximate surface area is 131 Å². The molecule has 120 valence electrons. The van der Waals surface area contributed by atoms with Crippen molar-refractivity contribution < 1.29 is 17.9 Å². The van der Waals surface area contributed by atoms with Gasteiger partial charge in [-0.15, -0.1) is 0 Å². The van der Waals surface area contributed by atoms with E-state index in [-0.39, 0.29) is 16.3 Å². The number of hydrogen-bond donors (Lipinski definition) is 2. The molecule has 2 N–H and O–H groups in total. The Morgan fingerprint density at radius 3 is 2.91 bits per heavy atom. The molecule has 0 aliphatic rings. The first-order valence-corrected chi connectivity index (χ1v) is 7.97. The maximum absolute atomic E-state index is 12.5. The number of aromatic nitrogens is 4. The molecule has 3 aromatic heterocycles. The summed E-state index contributed by atoms with van der Waals surface area (Å²) in [7, 11) is -1.39. The van der Waals surface area contributed by atoms with Crippen LogP contribution < -0.4 is 4.72 Å². The van der Waals surface area contributed by atoms with Crippen molar-refractivity contribution >= 4 is 32.7 Å². The van der Waals surface area contributed by atoms with Crippen LogP contribution in [0.1, 0.15) is 10.5 Å². The first-order chi connectivity index (χ1) is 10.9. The van der Waals surface area contributed by atoms with Crippen LogP contribution in [0.3, 0.4) is 0 Å². The normalized spacial score (nSPS) is 11.6. The first kappa shape index (κ1) is 15.0. The molecule has 0 radical (unpaired) electrons. The van der Waals surface area contributed by atoms with Gasteiger partial charge in [-0.25, -0.2) is 18.2 Å². The van der Waals surface area contributed by atoms with Gasteiger partial charge in [-0.05, 0) is 12.1 Å². The lowest BCUT2D eigenvalue weighted by Crippen LogP contribution is -2.18. The molecule has 0 atom stereocenters. The quantitative estimate of drug-likeness (QED) is 0.683. The third kappa shape index (κ3) is 2.63. The summed E-state index contributed by atoms with van der Waals surface area (Å²) < 4.78 is 33.2. The lowest BCUT2D eigenvalue weighted by Gasteiger charge is -2.08. The molecule has 0 saturated carbocycles. The average molecular weight is 335 g/mol. The number of sulfonamides is 1. The molecule has 0 aromatic carbocycles. The highest BCUT2D eigenvalue weighted by molar-refractivity contribution is 7.92. The Balaban J connectivity index is 2.00. The lowest BCUT2D eigenvalue weighted by molar-refractivity contribution is 0.0583. The molecule has 0 aliphatic carbocycles. The van der Waals surface area contributed by atoms with Gasteiger partial charge in [-0.3, -0.25) is 9.40 Å². The van der Waals surface area contributed by atoms with Gasteiger partial charge < -0.3 is 9.72 Å². The van der Waals surface area contributed by atoms with Crippen molar-refractivity contribution in [2.75, 3.05) is 11.8 Å². The Kier molecular flexibility index (Phi) is 3.52. The molecule has 0 fully saturated rings. The highest BCUT2D eigenvalue weighted by Crippen LogP contribution is 2.21. The molecule has 0 saturated heterocycles. The molecule has 10 heteroatoms. The van der Waals surface area contributed by atoms with E-state index in [2.05, 4.69) is 24.5 Å². The number of aryl methyl sites for hydroxylation is 1. The van der Waals surface area contributed by atoms with E-state index in [4.69, 9.17) is 0 Å². The van der Waals surface area contributed by atoms with E-state index in [0.29, 0.717) is 5.65 Å². The number of esters is 1. The van der Waals surface area contributed by atoms with E-state index >= 15 is 0 Å². The van der Waals surface area contributed by atoms with Crippen LogP contribution in [0.2, 0.25) is 0 Å². The number of hydrogen-bond acceptors (Lipinski definition) is 6. The van der Waals surface area contributed by atoms with Crippen LogP contribution in [-0.2, 0) is 21.8 Å². The van der Waals surface area contributed by atoms with Gasteiger partial charge in [-0.1, -0.05) is 0 Å². The van der Waals surface area contributed by atoms with Gasteiger partial charge in [0, 0.05) is 18.6 Å². The molecule has 9 nitrogen and oxygen atoms in total. The topological polar surface area (TPSA) is 119 Å². The van der Waals surface area contributed by atoms with Gasteiger partial charge in [0.05, 0.1) is 25.2 Å². The second-order valence-corrected chi connectivity index (χ2v) is 6.37. The summed E-state index contributed by atoms with van der Waals surface area (Å²) in [4.78, 5) is 18.5. The number of anilines is 1. The van der Waals surface area contributed by atoms with Gasteiger partial charge in [0.15, 0.2) is 5.69 Å². The highest BCUT2D eigenvalue weighted by atomic mass is 32.2. The Morgan fingerprint density at radius 2 is 2.17 bits per heavy atom. The molecule has 0 spiro atoms. The minimum absolute atomic E-state index is 0.157. The number of fused-ring (bicyclic) bond motifs is 1. The largest absolute Gasteiger partial charge is 0.464 e. The molecule has 23 heavy (non-hydrogen) atoms. The third-order valence-electron chi connectivity index (χ3n) is 3.23. The van der Waals surface area contributed by atoms with E-state index in [9.17, 15) is 13.2 Å². The number of rotatable bonds is 4. The standard InChI is InChI=1S/C13H13N5O4S/c1-18-11(13(19)22-2)10(7-16-18)23(20,21)17-9-5-8-3-4-14-12(8)15-6-9/h3-7,17H,1-2H3,(H,14,15). The van der Waals surface area contributed by atoms with Gasteiger partial charge in [-0.2, -0.15) is 5.10 Å². The van der Waals surface area contributed by atoms with Crippen molar-refractivity contribution in [3.05, 3.63) is 36.4 Å². The molecule has 3 rings (SSSR count). The van der Waals surface area contributed by atoms with E-state index in [1.807, 2.05) is 0 Å². The van der Waals surface area contributed by atoms with Crippen molar-refractivity contribution in [3.8, 4) is 0 Å². The van der Waals surface area contributed by atoms with Gasteiger partial charge >= 0.3 is 5.97 Å². The summed E-state index contributed by atoms with van der Waals surface area (Å²) in [6, 6.07) is 3.40. The molecule has 3 heterocycles. The number of methoxy groups -OCH3 is 1. The second kappa shape index (κ2) is 5.39. The SMILES string of the molecule is COC(=O)c1c(S(=O)(=O)Nc2cnc3[nH]ccc3c2)cnn1C. The summed E-state index contributed by atoms with van der Waals surface area (Å²) in [6.07, 6.45) is 4.17. The van der Waals surface area contributed by atoms with Crippen LogP contribution in [0.4, 0.5) is 5.69 Å². The number of carbonyl (C=O) groups is 1. The molecule has 0 bridgehead atoms. The number of ether oxygens (including phenoxy) is 1. The zero-order chi connectivity index (χ0) is 16.6. The predicted molar refractivity (Wildman–Crippen MR) is 81.4 cm³/mol. The van der Waals surface area contributed by atoms with Gasteiger partial charge in [0.1, 0.15) is 10.5 Å². The van der Waals surface area contributed by atoms with Crippen LogP contribution in [0.25, 0.3) is 11.0 Å². The Morgan fingerprint density at radius 1 is 1.39 bits per heavy atom. The summed E-state index contributed by atoms with van der Waals surface area (Å²) in [5.74, 6) is -0.787. The average Bonchev–Trinajstić information content (AvgIpc) is 3.12. The van der Waals surface area contributed by atoms with Crippen molar-refractivity contribution in [1.29, 1.82) is 0 Å². The number of pyridine rings is 1. The third-order valence-corrected chi connectivity index (χ3v) is 4.61. The summed E-state index contributed by atoms with van der Waals surface area (Å²) in [6.45, 7) is 0. The van der Waals surface area contributed by atoms with E-state index in [1.165, 1.54) is 20.4 Å². The van der Waals surface area contributed by atoms with Crippen molar-refractivity contribution in [2.45, 2.75) is 4.90 Å². The van der Waals surface area contributed by atoms with Gasteiger partial charge in [0.2, 0.25) is 0 Å². The fourth-order valence-corrected chi connectivity index (χ4v) is 3.34. The van der Waals surface area contributed by atoms with Crippen molar-refractivity contribution in [2.24, 2.45) is 7.05 Å². The van der Waals surface area contributed by atoms with Crippen molar-refractivity contribution in [1.82, 2.24) is 19.7 Å². The molecular formula is C13H13N5O4S. The van der Waals surface area contributed by atoms with E-state index in [1.54, 1.807) is 18.3 Å². The number of carbonyl (C=O) groups excluding carboxylic acids is 1. The smallest absolute Gasteiger partial charge is 0.357 e. The molecule has 0 unspecified atom stereocenters. The van der Waals surface area contributed by atoms with Crippen LogP contribution in [0, 0.1) is 0 Å². The fourth-order valence-electron chi connectivity index (χ4n) is 2.15. The summed E-state index contributed by atoms with van der Waals surface area (Å²) in [5, 5.41) is 4.57. The Bertz CT molecular complexity index is 989. The first-order valence-electron chi connectivity index (χ1n) is 6.48. The van der Waals surface area contributed by atoms with Crippen LogP contribution >= 0.6 is 0 Å². The molecule has 3 aromatic rings. The van der Waals surface area contributed by atoms with Crippen molar-refractivity contribution in [3.63, 3.8) is 0 Å². The minimum Gasteiger partial charge on any atom is -0.464 e. The fraction of sp³-hybridized carbons (Fsp3) is 0.154. The monoisotopic (exact) mass is 335 g/mol. The number of H-pyrrole nitrogens is 1. The predicted octanol–water partition coefficient (Wildman–Crippen LogP) is 0.884. The molecule has 0 aliphatic heterocycles. The maximum atomic E-state index is 12.5. The molecular weight excluding hydrogens is 322 g/mol. The number of nitrogens with one attached hydrogen (secondary N) is 2. The summed E-state index contributed by atoms with van der Waals surface area (Å²) >= 11 is 0. The van der Waals surface area contributed by atoms with Crippen LogP contribution in [0.15, 0.2) is 35.6 Å². The minimum atomic E-state index is -4.01. The van der Waals surface area contributed by atoms with Crippen LogP contribution in [-0.4, -0.2) is 41.2 Å². The van der Waals surface area contributed by atoms with E-state index in [0.717, 1.165) is 16.3 Å². The summed E-state index contributed by atoms with van der Waals surface area (Å²) in [5.41, 5.74) is 0.761. The second-order valence-electron chi connectivity index (χ2n) is 4.72. The Hall–Kier alpha value is -2.88. The van der Waals surface area contributed by atoms with Gasteiger partial charge in [0.25, 0.3) is 10.0 Å². The zero-order valence-electron chi connectivity index (χ0n) is 12.3. The maximum Gasteiger partial charge on any atom is 0.357 e. The molecule has 0 amide bonds.